The number of nitrogens with two attached hydrogens (primary N) is 1. The van der Waals surface area contributed by atoms with E-state index in [-0.39, 0.29) is 18.1 Å². The maximum atomic E-state index is 12.1. The van der Waals surface area contributed by atoms with Gasteiger partial charge in [0.2, 0.25) is 5.91 Å². The molecule has 23 heavy (non-hydrogen) atoms. The Labute approximate surface area is 142 Å². The molecule has 1 aromatic rings. The highest BCUT2D eigenvalue weighted by atomic mass is 35.5. The number of nitrogens with zero attached hydrogens (tertiary/aromatic N) is 1. The first kappa shape index (κ1) is 17.6. The van der Waals surface area contributed by atoms with Gasteiger partial charge in [-0.3, -0.25) is 4.79 Å². The van der Waals surface area contributed by atoms with Gasteiger partial charge in [0, 0.05) is 25.2 Å². The fourth-order valence-corrected chi connectivity index (χ4v) is 2.71. The van der Waals surface area contributed by atoms with E-state index >= 15 is 0 Å². The molecule has 5 nitrogen and oxygen atoms in total. The predicted molar refractivity (Wildman–Crippen MR) is 92.0 cm³/mol. The highest BCUT2D eigenvalue weighted by Gasteiger charge is 2.21. The Kier molecular flexibility index (Phi) is 5.91. The van der Waals surface area contributed by atoms with Gasteiger partial charge in [0.25, 0.3) is 0 Å². The second-order valence-electron chi connectivity index (χ2n) is 5.87. The molecule has 0 aromatic heterocycles. The largest absolute Gasteiger partial charge is 0.493 e. The van der Waals surface area contributed by atoms with Crippen LogP contribution >= 0.6 is 11.6 Å². The summed E-state index contributed by atoms with van der Waals surface area (Å²) in [6.07, 6.45) is 4.09. The molecule has 1 amide bonds. The summed E-state index contributed by atoms with van der Waals surface area (Å²) in [5.41, 5.74) is 6.60. The lowest BCUT2D eigenvalue weighted by atomic mass is 10.1. The Balaban J connectivity index is 2.15. The molecule has 126 valence electrons. The third-order valence-corrected chi connectivity index (χ3v) is 3.84. The third-order valence-electron chi connectivity index (χ3n) is 3.56. The Morgan fingerprint density at radius 2 is 2.22 bits per heavy atom. The minimum atomic E-state index is -0.0458. The van der Waals surface area contributed by atoms with Crippen molar-refractivity contribution in [1.82, 2.24) is 4.90 Å². The Bertz CT molecular complexity index is 602. The molecule has 2 rings (SSSR count). The van der Waals surface area contributed by atoms with Crippen LogP contribution in [0.3, 0.4) is 0 Å². The first-order chi connectivity index (χ1) is 10.9. The zero-order valence-corrected chi connectivity index (χ0v) is 14.5. The van der Waals surface area contributed by atoms with Gasteiger partial charge in [-0.05, 0) is 44.0 Å². The van der Waals surface area contributed by atoms with Crippen molar-refractivity contribution in [2.24, 2.45) is 5.73 Å². The molecule has 1 aliphatic rings. The van der Waals surface area contributed by atoms with Crippen LogP contribution in [-0.4, -0.2) is 43.2 Å². The molecule has 1 aromatic carbocycles. The average Bonchev–Trinajstić information content (AvgIpc) is 2.93. The van der Waals surface area contributed by atoms with Crippen molar-refractivity contribution in [1.29, 1.82) is 0 Å². The quantitative estimate of drug-likeness (QED) is 0.838. The second-order valence-corrected chi connectivity index (χ2v) is 6.27. The maximum Gasteiger partial charge on any atom is 0.246 e. The Hall–Kier alpha value is -1.72. The third kappa shape index (κ3) is 4.62. The summed E-state index contributed by atoms with van der Waals surface area (Å²) in [5, 5.41) is 0.452. The molecule has 1 atom stereocenters. The number of carbonyl (C=O) groups is 1. The molecule has 6 heteroatoms. The molecule has 0 aliphatic carbocycles. The van der Waals surface area contributed by atoms with Crippen LogP contribution in [0.2, 0.25) is 5.02 Å². The molecule has 0 bridgehead atoms. The van der Waals surface area contributed by atoms with Crippen LogP contribution in [0, 0.1) is 0 Å². The van der Waals surface area contributed by atoms with Gasteiger partial charge in [-0.25, -0.2) is 0 Å². The summed E-state index contributed by atoms with van der Waals surface area (Å²) < 4.78 is 11.0. The van der Waals surface area contributed by atoms with E-state index in [0.717, 1.165) is 12.0 Å². The lowest BCUT2D eigenvalue weighted by Gasteiger charge is -2.16. The molecule has 1 fully saturated rings. The Morgan fingerprint density at radius 3 is 2.78 bits per heavy atom. The number of methoxy groups -OCH3 is 1. The van der Waals surface area contributed by atoms with Crippen molar-refractivity contribution in [2.75, 3.05) is 20.2 Å². The highest BCUT2D eigenvalue weighted by molar-refractivity contribution is 6.32. The molecule has 1 aliphatic heterocycles. The summed E-state index contributed by atoms with van der Waals surface area (Å²) >= 11 is 6.27. The number of hydrogen-bond donors (Lipinski definition) is 1. The zero-order valence-electron chi connectivity index (χ0n) is 13.7. The van der Waals surface area contributed by atoms with E-state index in [1.807, 2.05) is 13.8 Å². The monoisotopic (exact) mass is 338 g/mol. The van der Waals surface area contributed by atoms with Crippen LogP contribution in [0.1, 0.15) is 25.8 Å². The summed E-state index contributed by atoms with van der Waals surface area (Å²) in [4.78, 5) is 13.9. The lowest BCUT2D eigenvalue weighted by Crippen LogP contribution is -2.30. The average molecular weight is 339 g/mol. The van der Waals surface area contributed by atoms with E-state index in [9.17, 15) is 4.79 Å². The van der Waals surface area contributed by atoms with Crippen molar-refractivity contribution in [3.63, 3.8) is 0 Å². The minimum absolute atomic E-state index is 0.0104. The van der Waals surface area contributed by atoms with Gasteiger partial charge in [0.1, 0.15) is 0 Å². The summed E-state index contributed by atoms with van der Waals surface area (Å²) in [7, 11) is 1.56. The highest BCUT2D eigenvalue weighted by Crippen LogP contribution is 2.37. The van der Waals surface area contributed by atoms with Crippen LogP contribution in [-0.2, 0) is 4.79 Å². The normalized spacial score (nSPS) is 18.0. The van der Waals surface area contributed by atoms with Gasteiger partial charge in [0.15, 0.2) is 11.5 Å². The van der Waals surface area contributed by atoms with E-state index < -0.39 is 0 Å². The number of ether oxygens (including phenoxy) is 2. The smallest absolute Gasteiger partial charge is 0.246 e. The van der Waals surface area contributed by atoms with Gasteiger partial charge in [-0.2, -0.15) is 0 Å². The van der Waals surface area contributed by atoms with Gasteiger partial charge >= 0.3 is 0 Å². The molecule has 0 unspecified atom stereocenters. The van der Waals surface area contributed by atoms with E-state index in [4.69, 9.17) is 26.8 Å². The van der Waals surface area contributed by atoms with Gasteiger partial charge in [0.05, 0.1) is 18.2 Å². The van der Waals surface area contributed by atoms with Crippen molar-refractivity contribution in [3.8, 4) is 11.5 Å². The van der Waals surface area contributed by atoms with Gasteiger partial charge < -0.3 is 20.1 Å². The first-order valence-electron chi connectivity index (χ1n) is 7.67. The summed E-state index contributed by atoms with van der Waals surface area (Å²) in [6, 6.07) is 3.62. The van der Waals surface area contributed by atoms with E-state index in [0.29, 0.717) is 29.6 Å². The maximum absolute atomic E-state index is 12.1. The SMILES string of the molecule is COc1cc(C=CC(=O)N2CC[C@@H](N)C2)cc(Cl)c1OC(C)C. The second kappa shape index (κ2) is 7.70. The van der Waals surface area contributed by atoms with E-state index in [2.05, 4.69) is 0 Å². The topological polar surface area (TPSA) is 64.8 Å². The molecular formula is C17H23ClN2O3. The fourth-order valence-electron chi connectivity index (χ4n) is 2.45. The summed E-state index contributed by atoms with van der Waals surface area (Å²) in [5.74, 6) is 1.01. The van der Waals surface area contributed by atoms with Crippen molar-refractivity contribution < 1.29 is 14.3 Å². The first-order valence-corrected chi connectivity index (χ1v) is 8.05. The van der Waals surface area contributed by atoms with Crippen LogP contribution in [0.25, 0.3) is 6.08 Å². The molecular weight excluding hydrogens is 316 g/mol. The van der Waals surface area contributed by atoms with Crippen molar-refractivity contribution in [2.45, 2.75) is 32.4 Å². The molecule has 0 saturated carbocycles. The van der Waals surface area contributed by atoms with Crippen LogP contribution in [0.15, 0.2) is 18.2 Å². The summed E-state index contributed by atoms with van der Waals surface area (Å²) in [6.45, 7) is 5.15. The fraction of sp³-hybridized carbons (Fsp3) is 0.471. The Morgan fingerprint density at radius 1 is 1.48 bits per heavy atom. The van der Waals surface area contributed by atoms with E-state index in [1.54, 1.807) is 30.2 Å². The van der Waals surface area contributed by atoms with Crippen LogP contribution in [0.5, 0.6) is 11.5 Å². The van der Waals surface area contributed by atoms with Crippen LogP contribution in [0.4, 0.5) is 0 Å². The van der Waals surface area contributed by atoms with Gasteiger partial charge in [-0.1, -0.05) is 11.6 Å². The molecule has 2 N–H and O–H groups in total. The molecule has 0 spiro atoms. The van der Waals surface area contributed by atoms with Gasteiger partial charge in [-0.15, -0.1) is 0 Å². The molecule has 1 saturated heterocycles. The number of benzene rings is 1. The number of rotatable bonds is 5. The minimum Gasteiger partial charge on any atom is -0.493 e. The molecule has 1 heterocycles. The molecule has 0 radical (unpaired) electrons. The predicted octanol–water partition coefficient (Wildman–Crippen LogP) is 2.71. The standard InChI is InChI=1S/C17H23ClN2O3/c1-11(2)23-17-14(18)8-12(9-15(17)22-3)4-5-16(21)20-7-6-13(19)10-20/h4-5,8-9,11,13H,6-7,10,19H2,1-3H3/t13-/m1/s1. The number of amides is 1. The van der Waals surface area contributed by atoms with E-state index in [1.165, 1.54) is 6.08 Å². The zero-order chi connectivity index (χ0) is 17.0. The van der Waals surface area contributed by atoms with Crippen LogP contribution < -0.4 is 15.2 Å². The number of halogens is 1. The van der Waals surface area contributed by atoms with Crippen molar-refractivity contribution >= 4 is 23.6 Å². The number of likely N-dealkylation sites (tertiary alicyclic amines) is 1. The number of carbonyl (C=O) groups excluding carboxylic acids is 1. The van der Waals surface area contributed by atoms with Crippen molar-refractivity contribution in [3.05, 3.63) is 28.8 Å². The lowest BCUT2D eigenvalue weighted by molar-refractivity contribution is -0.124. The number of hydrogen-bond acceptors (Lipinski definition) is 4.